The van der Waals surface area contributed by atoms with Gasteiger partial charge in [-0.2, -0.15) is 5.10 Å². The Morgan fingerprint density at radius 1 is 1.50 bits per heavy atom. The number of sulfonamides is 1. The number of hydrogen-bond donors (Lipinski definition) is 2. The zero-order valence-corrected chi connectivity index (χ0v) is 12.1. The van der Waals surface area contributed by atoms with Crippen molar-refractivity contribution >= 4 is 10.0 Å². The molecule has 0 unspecified atom stereocenters. The quantitative estimate of drug-likeness (QED) is 0.779. The van der Waals surface area contributed by atoms with Gasteiger partial charge in [0.25, 0.3) is 0 Å². The van der Waals surface area contributed by atoms with Crippen molar-refractivity contribution in [2.24, 2.45) is 5.41 Å². The predicted molar refractivity (Wildman–Crippen MR) is 68.8 cm³/mol. The van der Waals surface area contributed by atoms with E-state index < -0.39 is 10.0 Å². The number of aromatic amines is 1. The molecule has 7 heteroatoms. The van der Waals surface area contributed by atoms with E-state index in [9.17, 15) is 8.42 Å². The molecule has 1 rings (SSSR count). The van der Waals surface area contributed by atoms with E-state index in [1.807, 2.05) is 13.8 Å². The minimum atomic E-state index is -3.49. The first-order valence-electron chi connectivity index (χ1n) is 5.77. The minimum Gasteiger partial charge on any atom is -0.385 e. The van der Waals surface area contributed by atoms with Crippen LogP contribution in [0, 0.1) is 12.3 Å². The van der Waals surface area contributed by atoms with Gasteiger partial charge in [0.15, 0.2) is 0 Å². The zero-order chi connectivity index (χ0) is 13.8. The maximum atomic E-state index is 12.0. The van der Waals surface area contributed by atoms with Crippen LogP contribution in [0.25, 0.3) is 0 Å². The Hall–Kier alpha value is -0.920. The van der Waals surface area contributed by atoms with E-state index in [0.717, 1.165) is 6.42 Å². The molecule has 6 nitrogen and oxygen atoms in total. The highest BCUT2D eigenvalue weighted by atomic mass is 32.2. The zero-order valence-electron chi connectivity index (χ0n) is 11.3. The lowest BCUT2D eigenvalue weighted by Gasteiger charge is -2.24. The SMILES string of the molecule is COCCC(C)(C)CNS(=O)(=O)c1cn[nH]c1C. The molecule has 0 aliphatic rings. The molecule has 1 aromatic rings. The van der Waals surface area contributed by atoms with Crippen LogP contribution >= 0.6 is 0 Å². The highest BCUT2D eigenvalue weighted by Gasteiger charge is 2.24. The second kappa shape index (κ2) is 5.81. The summed E-state index contributed by atoms with van der Waals surface area (Å²) >= 11 is 0. The van der Waals surface area contributed by atoms with Gasteiger partial charge in [0, 0.05) is 20.3 Å². The molecule has 0 aliphatic heterocycles. The molecule has 1 heterocycles. The fourth-order valence-electron chi connectivity index (χ4n) is 1.45. The van der Waals surface area contributed by atoms with Crippen LogP contribution in [0.15, 0.2) is 11.1 Å². The van der Waals surface area contributed by atoms with E-state index in [-0.39, 0.29) is 10.3 Å². The van der Waals surface area contributed by atoms with Crippen LogP contribution in [0.1, 0.15) is 26.0 Å². The molecule has 0 radical (unpaired) electrons. The van der Waals surface area contributed by atoms with Crippen LogP contribution in [0.5, 0.6) is 0 Å². The highest BCUT2D eigenvalue weighted by molar-refractivity contribution is 7.89. The lowest BCUT2D eigenvalue weighted by Crippen LogP contribution is -2.34. The molecule has 0 amide bonds. The van der Waals surface area contributed by atoms with Gasteiger partial charge < -0.3 is 4.74 Å². The average molecular weight is 275 g/mol. The van der Waals surface area contributed by atoms with E-state index in [0.29, 0.717) is 18.8 Å². The van der Waals surface area contributed by atoms with Gasteiger partial charge in [-0.3, -0.25) is 5.10 Å². The summed E-state index contributed by atoms with van der Waals surface area (Å²) in [5.74, 6) is 0. The van der Waals surface area contributed by atoms with Gasteiger partial charge in [0.2, 0.25) is 10.0 Å². The van der Waals surface area contributed by atoms with E-state index in [4.69, 9.17) is 4.74 Å². The first-order valence-corrected chi connectivity index (χ1v) is 7.25. The van der Waals surface area contributed by atoms with Crippen LogP contribution in [0.4, 0.5) is 0 Å². The van der Waals surface area contributed by atoms with Gasteiger partial charge in [0.05, 0.1) is 11.9 Å². The van der Waals surface area contributed by atoms with Crippen molar-refractivity contribution in [1.82, 2.24) is 14.9 Å². The molecule has 0 bridgehead atoms. The number of H-pyrrole nitrogens is 1. The van der Waals surface area contributed by atoms with Gasteiger partial charge in [-0.15, -0.1) is 0 Å². The van der Waals surface area contributed by atoms with Crippen molar-refractivity contribution in [3.63, 3.8) is 0 Å². The molecule has 1 aromatic heterocycles. The Morgan fingerprint density at radius 3 is 2.67 bits per heavy atom. The number of methoxy groups -OCH3 is 1. The molecule has 0 saturated heterocycles. The Bertz CT molecular complexity index is 479. The number of aryl methyl sites for hydroxylation is 1. The predicted octanol–water partition coefficient (Wildman–Crippen LogP) is 1.06. The van der Waals surface area contributed by atoms with Gasteiger partial charge in [0.1, 0.15) is 4.90 Å². The Labute approximate surface area is 108 Å². The number of nitrogens with zero attached hydrogens (tertiary/aromatic N) is 1. The first-order chi connectivity index (χ1) is 8.28. The Morgan fingerprint density at radius 2 is 2.17 bits per heavy atom. The fraction of sp³-hybridized carbons (Fsp3) is 0.727. The summed E-state index contributed by atoms with van der Waals surface area (Å²) in [7, 11) is -1.86. The van der Waals surface area contributed by atoms with E-state index in [1.165, 1.54) is 6.20 Å². The summed E-state index contributed by atoms with van der Waals surface area (Å²) < 4.78 is 31.7. The number of nitrogens with one attached hydrogen (secondary N) is 2. The molecule has 0 fully saturated rings. The van der Waals surface area contributed by atoms with Crippen molar-refractivity contribution in [3.05, 3.63) is 11.9 Å². The van der Waals surface area contributed by atoms with Crippen LogP contribution in [-0.2, 0) is 14.8 Å². The van der Waals surface area contributed by atoms with Crippen molar-refractivity contribution in [2.75, 3.05) is 20.3 Å². The number of aromatic nitrogens is 2. The maximum Gasteiger partial charge on any atom is 0.243 e. The van der Waals surface area contributed by atoms with E-state index >= 15 is 0 Å². The summed E-state index contributed by atoms with van der Waals surface area (Å²) in [6.07, 6.45) is 2.11. The number of hydrogen-bond acceptors (Lipinski definition) is 4. The second-order valence-electron chi connectivity index (χ2n) is 5.09. The smallest absolute Gasteiger partial charge is 0.243 e. The van der Waals surface area contributed by atoms with Crippen molar-refractivity contribution in [1.29, 1.82) is 0 Å². The maximum absolute atomic E-state index is 12.0. The topological polar surface area (TPSA) is 84.1 Å². The molecule has 104 valence electrons. The lowest BCUT2D eigenvalue weighted by atomic mass is 9.90. The summed E-state index contributed by atoms with van der Waals surface area (Å²) in [5.41, 5.74) is 0.387. The van der Waals surface area contributed by atoms with Crippen LogP contribution < -0.4 is 4.72 Å². The summed E-state index contributed by atoms with van der Waals surface area (Å²) in [6, 6.07) is 0. The van der Waals surface area contributed by atoms with Crippen LogP contribution in [0.3, 0.4) is 0 Å². The van der Waals surface area contributed by atoms with Gasteiger partial charge in [-0.25, -0.2) is 13.1 Å². The first kappa shape index (κ1) is 15.1. The largest absolute Gasteiger partial charge is 0.385 e. The molecular formula is C11H21N3O3S. The summed E-state index contributed by atoms with van der Waals surface area (Å²) in [4.78, 5) is 0.199. The number of rotatable bonds is 7. The summed E-state index contributed by atoms with van der Waals surface area (Å²) in [5, 5.41) is 6.33. The molecule has 0 atom stereocenters. The fourth-order valence-corrected chi connectivity index (χ4v) is 2.82. The van der Waals surface area contributed by atoms with Crippen molar-refractivity contribution in [2.45, 2.75) is 32.1 Å². The van der Waals surface area contributed by atoms with E-state index in [2.05, 4.69) is 14.9 Å². The Balaban J connectivity index is 2.66. The number of ether oxygens (including phenoxy) is 1. The molecular weight excluding hydrogens is 254 g/mol. The van der Waals surface area contributed by atoms with Crippen LogP contribution in [-0.4, -0.2) is 38.9 Å². The lowest BCUT2D eigenvalue weighted by molar-refractivity contribution is 0.153. The Kier molecular flexibility index (Phi) is 4.89. The third kappa shape index (κ3) is 4.08. The van der Waals surface area contributed by atoms with Crippen LogP contribution in [0.2, 0.25) is 0 Å². The molecule has 2 N–H and O–H groups in total. The van der Waals surface area contributed by atoms with Crippen molar-refractivity contribution in [3.8, 4) is 0 Å². The second-order valence-corrected chi connectivity index (χ2v) is 6.83. The normalized spacial score (nSPS) is 12.9. The molecule has 0 aromatic carbocycles. The van der Waals surface area contributed by atoms with E-state index in [1.54, 1.807) is 14.0 Å². The van der Waals surface area contributed by atoms with Gasteiger partial charge in [-0.1, -0.05) is 13.8 Å². The third-order valence-corrected chi connectivity index (χ3v) is 4.31. The minimum absolute atomic E-state index is 0.152. The van der Waals surface area contributed by atoms with Crippen molar-refractivity contribution < 1.29 is 13.2 Å². The third-order valence-electron chi connectivity index (χ3n) is 2.80. The summed E-state index contributed by atoms with van der Waals surface area (Å²) in [6.45, 7) is 6.65. The standard InChI is InChI=1S/C11H21N3O3S/c1-9-10(7-12-14-9)18(15,16)13-8-11(2,3)5-6-17-4/h7,13H,5-6,8H2,1-4H3,(H,12,14). The molecule has 0 aliphatic carbocycles. The van der Waals surface area contributed by atoms with Gasteiger partial charge >= 0.3 is 0 Å². The van der Waals surface area contributed by atoms with Gasteiger partial charge in [-0.05, 0) is 18.8 Å². The molecule has 0 saturated carbocycles. The highest BCUT2D eigenvalue weighted by Crippen LogP contribution is 2.20. The molecule has 0 spiro atoms. The monoisotopic (exact) mass is 275 g/mol. The average Bonchev–Trinajstić information content (AvgIpc) is 2.71. The molecule has 18 heavy (non-hydrogen) atoms.